The van der Waals surface area contributed by atoms with E-state index in [-0.39, 0.29) is 0 Å². The third kappa shape index (κ3) is 2.99. The predicted octanol–water partition coefficient (Wildman–Crippen LogP) is 3.86. The summed E-state index contributed by atoms with van der Waals surface area (Å²) in [5.41, 5.74) is 1.14. The zero-order valence-electron chi connectivity index (χ0n) is 10.1. The molecule has 0 aromatic heterocycles. The monoisotopic (exact) mass is 207 g/mol. The fourth-order valence-corrected chi connectivity index (χ4v) is 3.51. The Morgan fingerprint density at radius 3 is 2.00 bits per heavy atom. The summed E-state index contributed by atoms with van der Waals surface area (Å²) in [5, 5.41) is 3.50. The molecule has 2 saturated carbocycles. The lowest BCUT2D eigenvalue weighted by Crippen LogP contribution is -2.33. The molecule has 2 aliphatic rings. The molecule has 1 heteroatoms. The van der Waals surface area contributed by atoms with E-state index in [0.717, 1.165) is 23.6 Å². The van der Waals surface area contributed by atoms with Gasteiger partial charge in [0, 0.05) is 11.7 Å². The second-order valence-corrected chi connectivity index (χ2v) is 5.58. The first kappa shape index (κ1) is 11.0. The van der Waals surface area contributed by atoms with Crippen LogP contribution in [0.4, 0.5) is 0 Å². The molecule has 1 nitrogen and oxygen atoms in total. The molecule has 0 aliphatic heterocycles. The topological polar surface area (TPSA) is 12.0 Å². The van der Waals surface area contributed by atoms with Gasteiger partial charge in [-0.05, 0) is 44.4 Å². The first-order valence-corrected chi connectivity index (χ1v) is 6.68. The van der Waals surface area contributed by atoms with Gasteiger partial charge >= 0.3 is 0 Å². The highest BCUT2D eigenvalue weighted by atomic mass is 14.9. The molecule has 86 valence electrons. The molecule has 0 saturated heterocycles. The molecule has 2 fully saturated rings. The van der Waals surface area contributed by atoms with Crippen LogP contribution >= 0.6 is 0 Å². The van der Waals surface area contributed by atoms with Gasteiger partial charge < -0.3 is 5.32 Å². The minimum Gasteiger partial charge on any atom is -0.386 e. The maximum absolute atomic E-state index is 3.93. The van der Waals surface area contributed by atoms with Crippen LogP contribution in [0.3, 0.4) is 0 Å². The molecule has 2 rings (SSSR count). The van der Waals surface area contributed by atoms with Crippen LogP contribution in [0, 0.1) is 11.8 Å². The van der Waals surface area contributed by atoms with Crippen molar-refractivity contribution in [2.45, 2.75) is 64.3 Å². The maximum atomic E-state index is 3.93. The summed E-state index contributed by atoms with van der Waals surface area (Å²) >= 11 is 0. The summed E-state index contributed by atoms with van der Waals surface area (Å²) in [6, 6.07) is 0.722. The number of hydrogen-bond acceptors (Lipinski definition) is 1. The quantitative estimate of drug-likeness (QED) is 0.741. The number of hydrogen-bond donors (Lipinski definition) is 1. The van der Waals surface area contributed by atoms with Crippen LogP contribution in [0.1, 0.15) is 58.3 Å². The second-order valence-electron chi connectivity index (χ2n) is 5.58. The summed E-state index contributed by atoms with van der Waals surface area (Å²) < 4.78 is 0. The van der Waals surface area contributed by atoms with E-state index in [9.17, 15) is 0 Å². The van der Waals surface area contributed by atoms with Crippen LogP contribution < -0.4 is 5.32 Å². The molecule has 0 bridgehead atoms. The number of allylic oxidation sites excluding steroid dienone is 1. The maximum Gasteiger partial charge on any atom is 0.0258 e. The Hall–Kier alpha value is -0.460. The molecule has 0 heterocycles. The van der Waals surface area contributed by atoms with Gasteiger partial charge in [-0.15, -0.1) is 0 Å². The summed E-state index contributed by atoms with van der Waals surface area (Å²) in [7, 11) is 0. The van der Waals surface area contributed by atoms with Gasteiger partial charge in [-0.3, -0.25) is 0 Å². The van der Waals surface area contributed by atoms with Gasteiger partial charge in [0.25, 0.3) is 0 Å². The minimum absolute atomic E-state index is 0.722. The molecule has 0 amide bonds. The third-order valence-corrected chi connectivity index (χ3v) is 4.29. The van der Waals surface area contributed by atoms with Crippen LogP contribution in [0.2, 0.25) is 0 Å². The van der Waals surface area contributed by atoms with Crippen LogP contribution in [0.25, 0.3) is 0 Å². The largest absolute Gasteiger partial charge is 0.386 e. The second kappa shape index (κ2) is 5.05. The van der Waals surface area contributed by atoms with Gasteiger partial charge in [0.2, 0.25) is 0 Å². The Kier molecular flexibility index (Phi) is 3.71. The molecule has 0 spiro atoms. The molecule has 0 aromatic rings. The van der Waals surface area contributed by atoms with Gasteiger partial charge in [-0.2, -0.15) is 0 Å². The summed E-state index contributed by atoms with van der Waals surface area (Å²) in [5.74, 6) is 2.13. The van der Waals surface area contributed by atoms with E-state index >= 15 is 0 Å². The molecular weight excluding hydrogens is 182 g/mol. The average Bonchev–Trinajstić information content (AvgIpc) is 2.71. The Balaban J connectivity index is 1.73. The summed E-state index contributed by atoms with van der Waals surface area (Å²) in [6.45, 7) is 6.01. The van der Waals surface area contributed by atoms with E-state index in [1.165, 1.54) is 51.4 Å². The van der Waals surface area contributed by atoms with Crippen LogP contribution in [-0.4, -0.2) is 6.04 Å². The van der Waals surface area contributed by atoms with Crippen molar-refractivity contribution in [2.24, 2.45) is 11.8 Å². The van der Waals surface area contributed by atoms with Crippen LogP contribution in [-0.2, 0) is 0 Å². The van der Waals surface area contributed by atoms with E-state index in [1.807, 2.05) is 0 Å². The van der Waals surface area contributed by atoms with Crippen molar-refractivity contribution in [3.05, 3.63) is 12.3 Å². The predicted molar refractivity (Wildman–Crippen MR) is 65.7 cm³/mol. The lowest BCUT2D eigenvalue weighted by molar-refractivity contribution is 0.225. The number of nitrogens with one attached hydrogen (secondary N) is 1. The Labute approximate surface area is 94.3 Å². The molecule has 1 N–H and O–H groups in total. The fourth-order valence-electron chi connectivity index (χ4n) is 3.51. The van der Waals surface area contributed by atoms with Crippen molar-refractivity contribution in [3.63, 3.8) is 0 Å². The lowest BCUT2D eigenvalue weighted by atomic mass is 9.77. The van der Waals surface area contributed by atoms with E-state index in [2.05, 4.69) is 18.8 Å². The summed E-state index contributed by atoms with van der Waals surface area (Å²) in [6.07, 6.45) is 11.7. The van der Waals surface area contributed by atoms with Crippen LogP contribution in [0.15, 0.2) is 12.3 Å². The molecule has 0 unspecified atom stereocenters. The van der Waals surface area contributed by atoms with Crippen molar-refractivity contribution >= 4 is 0 Å². The zero-order chi connectivity index (χ0) is 10.7. The Morgan fingerprint density at radius 2 is 1.47 bits per heavy atom. The van der Waals surface area contributed by atoms with Gasteiger partial charge in [-0.1, -0.05) is 32.3 Å². The van der Waals surface area contributed by atoms with E-state index < -0.39 is 0 Å². The summed E-state index contributed by atoms with van der Waals surface area (Å²) in [4.78, 5) is 0. The van der Waals surface area contributed by atoms with Crippen molar-refractivity contribution in [1.29, 1.82) is 0 Å². The van der Waals surface area contributed by atoms with Crippen molar-refractivity contribution in [2.75, 3.05) is 0 Å². The highest BCUT2D eigenvalue weighted by Gasteiger charge is 2.29. The zero-order valence-corrected chi connectivity index (χ0v) is 10.1. The molecule has 0 radical (unpaired) electrons. The van der Waals surface area contributed by atoms with Crippen LogP contribution in [0.5, 0.6) is 0 Å². The first-order chi connectivity index (χ1) is 7.25. The highest BCUT2D eigenvalue weighted by Crippen LogP contribution is 2.39. The first-order valence-electron chi connectivity index (χ1n) is 6.68. The third-order valence-electron chi connectivity index (χ3n) is 4.29. The normalized spacial score (nSPS) is 32.9. The van der Waals surface area contributed by atoms with Crippen molar-refractivity contribution in [1.82, 2.24) is 5.32 Å². The van der Waals surface area contributed by atoms with Crippen molar-refractivity contribution < 1.29 is 0 Å². The SMILES string of the molecule is C=C(C)NC1CCC(C2CCCC2)CC1. The Bertz CT molecular complexity index is 207. The lowest BCUT2D eigenvalue weighted by Gasteiger charge is -2.33. The highest BCUT2D eigenvalue weighted by molar-refractivity contribution is 4.91. The molecule has 2 aliphatic carbocycles. The molecule has 0 aromatic carbocycles. The molecular formula is C14H25N. The Morgan fingerprint density at radius 1 is 0.933 bits per heavy atom. The molecule has 15 heavy (non-hydrogen) atoms. The fraction of sp³-hybridized carbons (Fsp3) is 0.857. The average molecular weight is 207 g/mol. The van der Waals surface area contributed by atoms with Gasteiger partial charge in [0.05, 0.1) is 0 Å². The van der Waals surface area contributed by atoms with E-state index in [0.29, 0.717) is 0 Å². The van der Waals surface area contributed by atoms with E-state index in [1.54, 1.807) is 0 Å². The molecule has 0 atom stereocenters. The smallest absolute Gasteiger partial charge is 0.0258 e. The number of rotatable bonds is 3. The van der Waals surface area contributed by atoms with Gasteiger partial charge in [0.1, 0.15) is 0 Å². The van der Waals surface area contributed by atoms with Gasteiger partial charge in [-0.25, -0.2) is 0 Å². The van der Waals surface area contributed by atoms with Gasteiger partial charge in [0.15, 0.2) is 0 Å². The van der Waals surface area contributed by atoms with Crippen molar-refractivity contribution in [3.8, 4) is 0 Å². The minimum atomic E-state index is 0.722. The van der Waals surface area contributed by atoms with E-state index in [4.69, 9.17) is 0 Å². The standard InChI is InChI=1S/C14H25N/c1-11(2)15-14-9-7-13(8-10-14)12-5-3-4-6-12/h12-15H,1,3-10H2,2H3.